The van der Waals surface area contributed by atoms with Gasteiger partial charge in [0.25, 0.3) is 0 Å². The summed E-state index contributed by atoms with van der Waals surface area (Å²) in [5, 5.41) is 12.2. The van der Waals surface area contributed by atoms with E-state index in [1.807, 2.05) is 24.3 Å². The molecule has 0 aliphatic rings. The Labute approximate surface area is 161 Å². The van der Waals surface area contributed by atoms with Gasteiger partial charge in [0.1, 0.15) is 0 Å². The van der Waals surface area contributed by atoms with Gasteiger partial charge in [-0.15, -0.1) is 0 Å². The number of nitrogens with one attached hydrogen (secondary N) is 1. The van der Waals surface area contributed by atoms with E-state index in [1.165, 1.54) is 89.0 Å². The summed E-state index contributed by atoms with van der Waals surface area (Å²) in [5.74, 6) is 0. The first kappa shape index (κ1) is 22.3. The van der Waals surface area contributed by atoms with E-state index in [-0.39, 0.29) is 0 Å². The maximum Gasteiger partial charge on any atom is 0.0991 e. The van der Waals surface area contributed by atoms with Gasteiger partial charge in [0, 0.05) is 12.2 Å². The Morgan fingerprint density at radius 2 is 1.38 bits per heavy atom. The molecule has 1 N–H and O–H groups in total. The Morgan fingerprint density at radius 1 is 0.846 bits per heavy atom. The van der Waals surface area contributed by atoms with Gasteiger partial charge in [-0.25, -0.2) is 0 Å². The largest absolute Gasteiger partial charge is 0.385 e. The maximum atomic E-state index is 8.79. The van der Waals surface area contributed by atoms with Crippen molar-refractivity contribution >= 4 is 5.69 Å². The predicted molar refractivity (Wildman–Crippen MR) is 114 cm³/mol. The lowest BCUT2D eigenvalue weighted by molar-refractivity contribution is 0.570. The zero-order valence-corrected chi connectivity index (χ0v) is 16.9. The van der Waals surface area contributed by atoms with Gasteiger partial charge in [0.05, 0.1) is 11.6 Å². The van der Waals surface area contributed by atoms with Crippen LogP contribution >= 0.6 is 0 Å². The minimum atomic E-state index is 0.713. The maximum absolute atomic E-state index is 8.79. The van der Waals surface area contributed by atoms with Crippen molar-refractivity contribution in [1.29, 1.82) is 5.26 Å². The predicted octanol–water partition coefficient (Wildman–Crippen LogP) is 7.62. The first-order valence-corrected chi connectivity index (χ1v) is 10.7. The summed E-state index contributed by atoms with van der Waals surface area (Å²) in [6.07, 6.45) is 17.2. The van der Waals surface area contributed by atoms with Crippen molar-refractivity contribution in [2.24, 2.45) is 0 Å². The molecule has 0 bridgehead atoms. The molecule has 1 aromatic carbocycles. The SMILES string of the molecule is C=C(CCCCCCCCCC)CCCCCNc1ccc(C#N)cc1. The van der Waals surface area contributed by atoms with Crippen LogP contribution in [0.25, 0.3) is 0 Å². The lowest BCUT2D eigenvalue weighted by atomic mass is 10.0. The van der Waals surface area contributed by atoms with E-state index >= 15 is 0 Å². The number of benzene rings is 1. The first-order chi connectivity index (χ1) is 12.8. The second-order valence-electron chi connectivity index (χ2n) is 7.40. The van der Waals surface area contributed by atoms with Gasteiger partial charge in [-0.05, 0) is 56.4 Å². The van der Waals surface area contributed by atoms with Gasteiger partial charge in [-0.3, -0.25) is 0 Å². The van der Waals surface area contributed by atoms with Crippen molar-refractivity contribution in [2.45, 2.75) is 90.4 Å². The van der Waals surface area contributed by atoms with E-state index in [2.05, 4.69) is 24.9 Å². The van der Waals surface area contributed by atoms with E-state index in [9.17, 15) is 0 Å². The summed E-state index contributed by atoms with van der Waals surface area (Å²) < 4.78 is 0. The Kier molecular flexibility index (Phi) is 13.3. The van der Waals surface area contributed by atoms with Crippen molar-refractivity contribution in [3.8, 4) is 6.07 Å². The van der Waals surface area contributed by atoms with Gasteiger partial charge in [0.15, 0.2) is 0 Å². The molecule has 0 saturated carbocycles. The zero-order chi connectivity index (χ0) is 18.9. The molecular formula is C24H38N2. The second kappa shape index (κ2) is 15.5. The van der Waals surface area contributed by atoms with Crippen LogP contribution in [-0.4, -0.2) is 6.54 Å². The van der Waals surface area contributed by atoms with Crippen LogP contribution in [0.4, 0.5) is 5.69 Å². The molecule has 1 aromatic rings. The molecule has 26 heavy (non-hydrogen) atoms. The highest BCUT2D eigenvalue weighted by Gasteiger charge is 1.98. The number of nitriles is 1. The monoisotopic (exact) mass is 354 g/mol. The molecule has 2 heteroatoms. The molecule has 2 nitrogen and oxygen atoms in total. The van der Waals surface area contributed by atoms with Gasteiger partial charge >= 0.3 is 0 Å². The number of allylic oxidation sites excluding steroid dienone is 1. The lowest BCUT2D eigenvalue weighted by Crippen LogP contribution is -2.01. The first-order valence-electron chi connectivity index (χ1n) is 10.7. The average Bonchev–Trinajstić information content (AvgIpc) is 2.67. The summed E-state index contributed by atoms with van der Waals surface area (Å²) in [4.78, 5) is 0. The summed E-state index contributed by atoms with van der Waals surface area (Å²) in [7, 11) is 0. The van der Waals surface area contributed by atoms with Crippen molar-refractivity contribution in [3.63, 3.8) is 0 Å². The van der Waals surface area contributed by atoms with Crippen molar-refractivity contribution in [3.05, 3.63) is 42.0 Å². The molecule has 0 amide bonds. The quantitative estimate of drug-likeness (QED) is 0.245. The van der Waals surface area contributed by atoms with E-state index in [1.54, 1.807) is 0 Å². The van der Waals surface area contributed by atoms with Crippen molar-refractivity contribution in [2.75, 3.05) is 11.9 Å². The minimum Gasteiger partial charge on any atom is -0.385 e. The third kappa shape index (κ3) is 11.7. The van der Waals surface area contributed by atoms with Crippen LogP contribution < -0.4 is 5.32 Å². The molecule has 0 unspecified atom stereocenters. The number of nitrogens with zero attached hydrogens (tertiary/aromatic N) is 1. The van der Waals surface area contributed by atoms with Crippen LogP contribution in [0.2, 0.25) is 0 Å². The fraction of sp³-hybridized carbons (Fsp3) is 0.625. The fourth-order valence-corrected chi connectivity index (χ4v) is 3.21. The zero-order valence-electron chi connectivity index (χ0n) is 16.9. The topological polar surface area (TPSA) is 35.8 Å². The molecule has 144 valence electrons. The Hall–Kier alpha value is -1.75. The Bertz CT molecular complexity index is 510. The average molecular weight is 355 g/mol. The van der Waals surface area contributed by atoms with Gasteiger partial charge in [-0.1, -0.05) is 70.4 Å². The molecule has 0 fully saturated rings. The molecule has 0 aliphatic heterocycles. The van der Waals surface area contributed by atoms with E-state index in [0.29, 0.717) is 5.56 Å². The smallest absolute Gasteiger partial charge is 0.0991 e. The molecule has 0 aromatic heterocycles. The normalized spacial score (nSPS) is 10.5. The third-order valence-electron chi connectivity index (χ3n) is 4.93. The fourth-order valence-electron chi connectivity index (χ4n) is 3.21. The third-order valence-corrected chi connectivity index (χ3v) is 4.93. The minimum absolute atomic E-state index is 0.713. The summed E-state index contributed by atoms with van der Waals surface area (Å²) in [5.41, 5.74) is 3.25. The van der Waals surface area contributed by atoms with Gasteiger partial charge in [-0.2, -0.15) is 5.26 Å². The van der Waals surface area contributed by atoms with Crippen LogP contribution in [-0.2, 0) is 0 Å². The molecular weight excluding hydrogens is 316 g/mol. The highest BCUT2D eigenvalue weighted by atomic mass is 14.9. The number of rotatable bonds is 16. The summed E-state index contributed by atoms with van der Waals surface area (Å²) >= 11 is 0. The summed E-state index contributed by atoms with van der Waals surface area (Å²) in [6.45, 7) is 7.52. The number of anilines is 1. The van der Waals surface area contributed by atoms with E-state index in [4.69, 9.17) is 5.26 Å². The lowest BCUT2D eigenvalue weighted by Gasteiger charge is -2.08. The molecule has 1 rings (SSSR count). The Balaban J connectivity index is 1.89. The highest BCUT2D eigenvalue weighted by molar-refractivity contribution is 5.46. The summed E-state index contributed by atoms with van der Waals surface area (Å²) in [6, 6.07) is 9.81. The molecule has 0 spiro atoms. The van der Waals surface area contributed by atoms with Crippen LogP contribution in [0.5, 0.6) is 0 Å². The van der Waals surface area contributed by atoms with Crippen molar-refractivity contribution in [1.82, 2.24) is 0 Å². The number of hydrogen-bond acceptors (Lipinski definition) is 2. The van der Waals surface area contributed by atoms with Gasteiger partial charge < -0.3 is 5.32 Å². The molecule has 0 atom stereocenters. The molecule has 0 aliphatic carbocycles. The molecule has 0 radical (unpaired) electrons. The van der Waals surface area contributed by atoms with Crippen LogP contribution in [0.15, 0.2) is 36.4 Å². The molecule has 0 heterocycles. The van der Waals surface area contributed by atoms with Crippen LogP contribution in [0.3, 0.4) is 0 Å². The van der Waals surface area contributed by atoms with Crippen molar-refractivity contribution < 1.29 is 0 Å². The van der Waals surface area contributed by atoms with Crippen LogP contribution in [0, 0.1) is 11.3 Å². The Morgan fingerprint density at radius 3 is 1.96 bits per heavy atom. The number of hydrogen-bond donors (Lipinski definition) is 1. The van der Waals surface area contributed by atoms with Gasteiger partial charge in [0.2, 0.25) is 0 Å². The highest BCUT2D eigenvalue weighted by Crippen LogP contribution is 2.16. The van der Waals surface area contributed by atoms with E-state index < -0.39 is 0 Å². The molecule has 0 saturated heterocycles. The standard InChI is InChI=1S/C24H38N2/c1-3-4-5-6-7-8-9-11-14-22(2)15-12-10-13-20-26-24-18-16-23(21-25)17-19-24/h16-19,26H,2-15,20H2,1H3. The second-order valence-corrected chi connectivity index (χ2v) is 7.40. The van der Waals surface area contributed by atoms with E-state index in [0.717, 1.165) is 12.2 Å². The van der Waals surface area contributed by atoms with Crippen LogP contribution in [0.1, 0.15) is 96.0 Å². The number of unbranched alkanes of at least 4 members (excludes halogenated alkanes) is 9.